The quantitative estimate of drug-likeness (QED) is 0.394. The van der Waals surface area contributed by atoms with Gasteiger partial charge in [-0.2, -0.15) is 9.97 Å². The summed E-state index contributed by atoms with van der Waals surface area (Å²) in [7, 11) is 1.81. The summed E-state index contributed by atoms with van der Waals surface area (Å²) in [6.45, 7) is 0.174. The zero-order valence-corrected chi connectivity index (χ0v) is 18.6. The highest BCUT2D eigenvalue weighted by Crippen LogP contribution is 2.31. The molecule has 0 atom stereocenters. The summed E-state index contributed by atoms with van der Waals surface area (Å²) in [4.78, 5) is 25.6. The second kappa shape index (κ2) is 8.33. The topological polar surface area (TPSA) is 101 Å². The van der Waals surface area contributed by atoms with E-state index in [-0.39, 0.29) is 17.8 Å². The molecule has 0 spiro atoms. The van der Waals surface area contributed by atoms with Crippen LogP contribution in [0.2, 0.25) is 0 Å². The first-order valence-electron chi connectivity index (χ1n) is 10.9. The number of halogens is 2. The largest absolute Gasteiger partial charge is 0.345 e. The lowest BCUT2D eigenvalue weighted by molar-refractivity contribution is -0.487. The molecule has 3 aromatic heterocycles. The summed E-state index contributed by atoms with van der Waals surface area (Å²) in [6, 6.07) is 11.6. The number of fused-ring (bicyclic) bond motifs is 3. The number of hydrogen-bond acceptors (Lipinski definition) is 5. The molecule has 0 aliphatic carbocycles. The molecule has 0 fully saturated rings. The van der Waals surface area contributed by atoms with E-state index in [1.807, 2.05) is 36.6 Å². The van der Waals surface area contributed by atoms with E-state index in [4.69, 9.17) is 4.98 Å². The molecule has 8 nitrogen and oxygen atoms in total. The van der Waals surface area contributed by atoms with Crippen molar-refractivity contribution in [1.29, 1.82) is 0 Å². The van der Waals surface area contributed by atoms with E-state index in [1.54, 1.807) is 29.5 Å². The molecule has 0 amide bonds. The molecule has 172 valence electrons. The Labute approximate surface area is 198 Å². The number of hydrogen-bond donors (Lipinski definition) is 2. The van der Waals surface area contributed by atoms with Gasteiger partial charge >= 0.3 is 5.95 Å². The van der Waals surface area contributed by atoms with Gasteiger partial charge in [-0.1, -0.05) is 6.07 Å². The van der Waals surface area contributed by atoms with Crippen molar-refractivity contribution in [2.24, 2.45) is 12.0 Å². The monoisotopic (exact) mass is 469 g/mol. The number of nitrogens with zero attached hydrogens (tertiary/aromatic N) is 6. The van der Waals surface area contributed by atoms with Gasteiger partial charge in [-0.25, -0.2) is 24.1 Å². The van der Waals surface area contributed by atoms with Crippen molar-refractivity contribution in [2.75, 3.05) is 0 Å². The summed E-state index contributed by atoms with van der Waals surface area (Å²) in [5.41, 5.74) is 4.23. The van der Waals surface area contributed by atoms with E-state index in [0.717, 1.165) is 22.6 Å². The minimum atomic E-state index is -0.690. The fourth-order valence-electron chi connectivity index (χ4n) is 4.16. The molecular formula is C25H19F2N8+. The molecule has 1 aliphatic heterocycles. The molecule has 0 saturated heterocycles. The normalized spacial score (nSPS) is 12.6. The Morgan fingerprint density at radius 2 is 1.77 bits per heavy atom. The van der Waals surface area contributed by atoms with Crippen LogP contribution >= 0.6 is 0 Å². The van der Waals surface area contributed by atoms with Gasteiger partial charge in [0.2, 0.25) is 0 Å². The first-order chi connectivity index (χ1) is 17.1. The minimum Gasteiger partial charge on any atom is -0.345 e. The summed E-state index contributed by atoms with van der Waals surface area (Å²) in [5, 5.41) is 1.87. The third-order valence-electron chi connectivity index (χ3n) is 5.85. The molecule has 2 aromatic carbocycles. The van der Waals surface area contributed by atoms with E-state index in [0.29, 0.717) is 23.0 Å². The third kappa shape index (κ3) is 3.69. The average molecular weight is 469 g/mol. The van der Waals surface area contributed by atoms with Gasteiger partial charge in [-0.3, -0.25) is 4.99 Å². The summed E-state index contributed by atoms with van der Waals surface area (Å²) in [6.07, 6.45) is 6.78. The Hall–Kier alpha value is -4.57. The number of H-pyrrole nitrogens is 1. The number of aromatic amines is 1. The Morgan fingerprint density at radius 1 is 0.971 bits per heavy atom. The highest BCUT2D eigenvalue weighted by Gasteiger charge is 2.28. The van der Waals surface area contributed by atoms with Gasteiger partial charge in [-0.05, 0) is 24.3 Å². The number of aromatic nitrogens is 6. The smallest absolute Gasteiger partial charge is 0.331 e. The Kier molecular flexibility index (Phi) is 5.00. The lowest BCUT2D eigenvalue weighted by atomic mass is 10.0. The van der Waals surface area contributed by atoms with Crippen LogP contribution in [0.15, 0.2) is 72.4 Å². The van der Waals surface area contributed by atoms with Crippen molar-refractivity contribution < 1.29 is 14.1 Å². The lowest BCUT2D eigenvalue weighted by Crippen LogP contribution is -2.72. The predicted octanol–water partition coefficient (Wildman–Crippen LogP) is 3.42. The van der Waals surface area contributed by atoms with Gasteiger partial charge < -0.3 is 9.55 Å². The molecular weight excluding hydrogens is 450 g/mol. The summed E-state index contributed by atoms with van der Waals surface area (Å²) in [5.74, 6) is -0.0837. The van der Waals surface area contributed by atoms with E-state index in [2.05, 4.69) is 24.9 Å². The van der Waals surface area contributed by atoms with Crippen molar-refractivity contribution in [3.05, 3.63) is 95.8 Å². The maximum absolute atomic E-state index is 14.6. The average Bonchev–Trinajstić information content (AvgIpc) is 3.49. The number of aryl methyl sites for hydroxylation is 1. The maximum Gasteiger partial charge on any atom is 0.331 e. The fraction of sp³-hybridized carbons (Fsp3) is 0.0800. The summed E-state index contributed by atoms with van der Waals surface area (Å²) >= 11 is 0. The van der Waals surface area contributed by atoms with E-state index < -0.39 is 11.6 Å². The van der Waals surface area contributed by atoms with Gasteiger partial charge in [0.25, 0.3) is 0 Å². The van der Waals surface area contributed by atoms with Crippen LogP contribution in [-0.2, 0) is 13.6 Å². The first-order valence-corrected chi connectivity index (χ1v) is 10.9. The van der Waals surface area contributed by atoms with Crippen LogP contribution in [-0.4, -0.2) is 35.2 Å². The molecule has 35 heavy (non-hydrogen) atoms. The van der Waals surface area contributed by atoms with Gasteiger partial charge in [0, 0.05) is 48.9 Å². The number of aliphatic imine (C=N–C) groups is 1. The standard InChI is InChI=1S/C25H18F2N8/c1-35-13-32-22-21(19-17(26)3-2-4-18(19)27)30-11-15-12-31-25(34-20(15)23(22)35)33-16-7-5-14(6-8-16)24-28-9-10-29-24/h2-10,12-13H,11H2,1H3,(H,28,29)(H,31,33,34)/p+1. The molecule has 4 heterocycles. The van der Waals surface area contributed by atoms with Crippen LogP contribution in [0.4, 0.5) is 20.4 Å². The molecule has 0 radical (unpaired) electrons. The highest BCUT2D eigenvalue weighted by molar-refractivity contribution is 6.15. The second-order valence-electron chi connectivity index (χ2n) is 8.12. The number of nitrogens with one attached hydrogen (secondary N) is 1. The first kappa shape index (κ1) is 21.0. The number of quaternary nitrogens is 1. The van der Waals surface area contributed by atoms with Gasteiger partial charge in [0.1, 0.15) is 34.5 Å². The Morgan fingerprint density at radius 3 is 2.51 bits per heavy atom. The molecule has 0 saturated carbocycles. The molecule has 5 aromatic rings. The Bertz CT molecular complexity index is 1550. The van der Waals surface area contributed by atoms with Gasteiger partial charge in [0.05, 0.1) is 29.8 Å². The zero-order chi connectivity index (χ0) is 23.9. The van der Waals surface area contributed by atoms with Crippen molar-refractivity contribution in [3.8, 4) is 22.8 Å². The number of nitrogens with two attached hydrogens (primary N) is 1. The second-order valence-corrected chi connectivity index (χ2v) is 8.12. The van der Waals surface area contributed by atoms with Crippen LogP contribution in [0.1, 0.15) is 16.8 Å². The Balaban J connectivity index is 1.37. The maximum atomic E-state index is 14.6. The zero-order valence-electron chi connectivity index (χ0n) is 18.6. The van der Waals surface area contributed by atoms with Crippen LogP contribution in [0.5, 0.6) is 0 Å². The molecule has 6 rings (SSSR count). The molecule has 3 N–H and O–H groups in total. The van der Waals surface area contributed by atoms with Gasteiger partial charge in [0.15, 0.2) is 0 Å². The van der Waals surface area contributed by atoms with E-state index in [1.165, 1.54) is 18.2 Å². The van der Waals surface area contributed by atoms with E-state index in [9.17, 15) is 8.78 Å². The van der Waals surface area contributed by atoms with Crippen molar-refractivity contribution in [1.82, 2.24) is 29.5 Å². The molecule has 0 unspecified atom stereocenters. The van der Waals surface area contributed by atoms with Crippen LogP contribution in [0, 0.1) is 11.6 Å². The number of rotatable bonds is 4. The number of benzene rings is 2. The van der Waals surface area contributed by atoms with Crippen molar-refractivity contribution in [3.63, 3.8) is 0 Å². The van der Waals surface area contributed by atoms with Crippen LogP contribution in [0.3, 0.4) is 0 Å². The highest BCUT2D eigenvalue weighted by atomic mass is 19.1. The van der Waals surface area contributed by atoms with Gasteiger partial charge in [-0.15, -0.1) is 0 Å². The van der Waals surface area contributed by atoms with E-state index >= 15 is 0 Å². The minimum absolute atomic E-state index is 0.160. The van der Waals surface area contributed by atoms with Crippen LogP contribution < -0.4 is 5.32 Å². The molecule has 10 heteroatoms. The molecule has 0 bridgehead atoms. The number of imidazole rings is 2. The third-order valence-corrected chi connectivity index (χ3v) is 5.85. The molecule has 1 aliphatic rings. The lowest BCUT2D eigenvalue weighted by Gasteiger charge is -2.09. The fourth-order valence-corrected chi connectivity index (χ4v) is 4.16. The predicted molar refractivity (Wildman–Crippen MR) is 125 cm³/mol. The SMILES string of the molecule is Cn1cnc2c1-c1nc([NH2+]c3ccc(-c4ncc[nH]4)cc3)ncc1CN=C2c1c(F)cccc1F. The van der Waals surface area contributed by atoms with Crippen molar-refractivity contribution in [2.45, 2.75) is 6.54 Å². The summed E-state index contributed by atoms with van der Waals surface area (Å²) < 4.78 is 31.0. The van der Waals surface area contributed by atoms with Crippen molar-refractivity contribution >= 4 is 17.3 Å². The van der Waals surface area contributed by atoms with Crippen LogP contribution in [0.25, 0.3) is 22.8 Å².